The topological polar surface area (TPSA) is 115 Å². The summed E-state index contributed by atoms with van der Waals surface area (Å²) in [6, 6.07) is 4.31. The molecule has 0 saturated carbocycles. The number of nitrogens with zero attached hydrogens (tertiary/aromatic N) is 3. The van der Waals surface area contributed by atoms with Gasteiger partial charge in [0.25, 0.3) is 0 Å². The minimum absolute atomic E-state index is 0.0101. The Bertz CT molecular complexity index is 1050. The molecule has 2 unspecified atom stereocenters. The lowest BCUT2D eigenvalue weighted by Crippen LogP contribution is -2.18. The molecule has 2 atom stereocenters. The van der Waals surface area contributed by atoms with Crippen LogP contribution >= 0.6 is 0 Å². The smallest absolute Gasteiger partial charge is 0.341 e. The molecule has 0 amide bonds. The van der Waals surface area contributed by atoms with E-state index < -0.39 is 5.97 Å². The van der Waals surface area contributed by atoms with Crippen LogP contribution in [-0.4, -0.2) is 38.3 Å². The third kappa shape index (κ3) is 3.24. The van der Waals surface area contributed by atoms with Crippen molar-refractivity contribution >= 4 is 17.4 Å². The second-order valence-electron chi connectivity index (χ2n) is 6.81. The van der Waals surface area contributed by atoms with Gasteiger partial charge in [0, 0.05) is 23.7 Å². The van der Waals surface area contributed by atoms with E-state index in [9.17, 15) is 14.3 Å². The van der Waals surface area contributed by atoms with E-state index in [0.717, 1.165) is 5.56 Å². The van der Waals surface area contributed by atoms with Gasteiger partial charge in [-0.25, -0.2) is 18.7 Å². The van der Waals surface area contributed by atoms with Crippen molar-refractivity contribution in [2.45, 2.75) is 31.9 Å². The molecule has 146 valence electrons. The molecule has 28 heavy (non-hydrogen) atoms. The number of halogens is 1. The third-order valence-electron chi connectivity index (χ3n) is 4.81. The fourth-order valence-electron chi connectivity index (χ4n) is 3.49. The fourth-order valence-corrected chi connectivity index (χ4v) is 3.49. The van der Waals surface area contributed by atoms with Gasteiger partial charge in [-0.2, -0.15) is 5.10 Å². The van der Waals surface area contributed by atoms with Gasteiger partial charge in [-0.15, -0.1) is 0 Å². The molecule has 1 aliphatic rings. The van der Waals surface area contributed by atoms with Crippen molar-refractivity contribution in [3.8, 4) is 5.75 Å². The molecule has 4 N–H and O–H groups in total. The Hall–Kier alpha value is -3.20. The van der Waals surface area contributed by atoms with Gasteiger partial charge in [-0.3, -0.25) is 0 Å². The number of carboxylic acid groups (broad SMARTS) is 1. The first kappa shape index (κ1) is 18.2. The van der Waals surface area contributed by atoms with Gasteiger partial charge in [0.1, 0.15) is 29.1 Å². The first-order valence-electron chi connectivity index (χ1n) is 8.99. The molecule has 0 spiro atoms. The summed E-state index contributed by atoms with van der Waals surface area (Å²) in [6.45, 7) is 2.38. The summed E-state index contributed by atoms with van der Waals surface area (Å²) >= 11 is 0. The Balaban J connectivity index is 1.63. The molecule has 4 rings (SSSR count). The maximum Gasteiger partial charge on any atom is 0.341 e. The monoisotopic (exact) mass is 385 g/mol. The quantitative estimate of drug-likeness (QED) is 0.597. The maximum absolute atomic E-state index is 14.1. The molecule has 9 heteroatoms. The van der Waals surface area contributed by atoms with Crippen LogP contribution in [0, 0.1) is 5.82 Å². The number of benzene rings is 1. The number of nitrogens with one attached hydrogen (secondary N) is 1. The Labute approximate surface area is 160 Å². The van der Waals surface area contributed by atoms with Gasteiger partial charge in [-0.1, -0.05) is 0 Å². The highest BCUT2D eigenvalue weighted by Gasteiger charge is 2.28. The number of ether oxygens (including phenoxy) is 1. The normalized spacial score (nSPS) is 16.6. The molecular formula is C19H20FN5O3. The Morgan fingerprint density at radius 2 is 2.36 bits per heavy atom. The van der Waals surface area contributed by atoms with Crippen LogP contribution in [0.15, 0.2) is 30.6 Å². The van der Waals surface area contributed by atoms with Crippen molar-refractivity contribution in [3.63, 3.8) is 0 Å². The number of anilines is 1. The average Bonchev–Trinajstić information content (AvgIpc) is 3.24. The summed E-state index contributed by atoms with van der Waals surface area (Å²) in [7, 11) is 0. The Kier molecular flexibility index (Phi) is 4.60. The predicted octanol–water partition coefficient (Wildman–Crippen LogP) is 2.39. The Morgan fingerprint density at radius 3 is 3.11 bits per heavy atom. The SMILES string of the molecule is CC(Nc1ccn2ncc(C(=O)O)c2n1)c1cc(F)cc2c1OC(CCN)C2. The van der Waals surface area contributed by atoms with E-state index in [-0.39, 0.29) is 29.2 Å². The van der Waals surface area contributed by atoms with Gasteiger partial charge in [0.05, 0.1) is 12.2 Å². The summed E-state index contributed by atoms with van der Waals surface area (Å²) < 4.78 is 21.5. The van der Waals surface area contributed by atoms with E-state index in [1.54, 1.807) is 12.3 Å². The third-order valence-corrected chi connectivity index (χ3v) is 4.81. The van der Waals surface area contributed by atoms with Crippen LogP contribution in [0.2, 0.25) is 0 Å². The number of carbonyl (C=O) groups is 1. The molecule has 2 aromatic heterocycles. The van der Waals surface area contributed by atoms with E-state index in [4.69, 9.17) is 10.5 Å². The summed E-state index contributed by atoms with van der Waals surface area (Å²) in [4.78, 5) is 15.6. The number of fused-ring (bicyclic) bond motifs is 2. The van der Waals surface area contributed by atoms with Crippen LogP contribution in [0.4, 0.5) is 10.2 Å². The van der Waals surface area contributed by atoms with Crippen molar-refractivity contribution < 1.29 is 19.0 Å². The minimum Gasteiger partial charge on any atom is -0.489 e. The van der Waals surface area contributed by atoms with Crippen molar-refractivity contribution in [2.24, 2.45) is 5.73 Å². The van der Waals surface area contributed by atoms with Crippen LogP contribution < -0.4 is 15.8 Å². The van der Waals surface area contributed by atoms with Gasteiger partial charge in [0.15, 0.2) is 5.65 Å². The summed E-state index contributed by atoms with van der Waals surface area (Å²) in [5.74, 6) is -0.296. The van der Waals surface area contributed by atoms with Crippen LogP contribution in [0.3, 0.4) is 0 Å². The zero-order chi connectivity index (χ0) is 19.8. The summed E-state index contributed by atoms with van der Waals surface area (Å²) in [6.07, 6.45) is 4.16. The van der Waals surface area contributed by atoms with Gasteiger partial charge < -0.3 is 20.9 Å². The van der Waals surface area contributed by atoms with Crippen molar-refractivity contribution in [2.75, 3.05) is 11.9 Å². The molecule has 0 fully saturated rings. The molecule has 1 aromatic carbocycles. The van der Waals surface area contributed by atoms with Gasteiger partial charge in [0.2, 0.25) is 0 Å². The largest absolute Gasteiger partial charge is 0.489 e. The van der Waals surface area contributed by atoms with Crippen molar-refractivity contribution in [1.29, 1.82) is 0 Å². The van der Waals surface area contributed by atoms with Gasteiger partial charge >= 0.3 is 5.97 Å². The molecular weight excluding hydrogens is 365 g/mol. The fraction of sp³-hybridized carbons (Fsp3) is 0.316. The summed E-state index contributed by atoms with van der Waals surface area (Å²) in [5.41, 5.74) is 7.37. The predicted molar refractivity (Wildman–Crippen MR) is 100 cm³/mol. The second kappa shape index (κ2) is 7.08. The molecule has 8 nitrogen and oxygen atoms in total. The lowest BCUT2D eigenvalue weighted by Gasteiger charge is -2.19. The number of aromatic carboxylic acids is 1. The van der Waals surface area contributed by atoms with Crippen LogP contribution in [0.5, 0.6) is 5.75 Å². The molecule has 3 aromatic rings. The van der Waals surface area contributed by atoms with E-state index in [1.165, 1.54) is 22.8 Å². The van der Waals surface area contributed by atoms with Crippen molar-refractivity contribution in [1.82, 2.24) is 14.6 Å². The number of rotatable bonds is 6. The molecule has 0 bridgehead atoms. The zero-order valence-electron chi connectivity index (χ0n) is 15.2. The number of aromatic nitrogens is 3. The number of carboxylic acids is 1. The van der Waals surface area contributed by atoms with Crippen LogP contribution in [0.1, 0.15) is 40.9 Å². The highest BCUT2D eigenvalue weighted by Crippen LogP contribution is 2.38. The molecule has 0 saturated heterocycles. The Morgan fingerprint density at radius 1 is 1.54 bits per heavy atom. The maximum atomic E-state index is 14.1. The molecule has 0 aliphatic carbocycles. The number of hydrogen-bond donors (Lipinski definition) is 3. The van der Waals surface area contributed by atoms with E-state index in [2.05, 4.69) is 15.4 Å². The number of hydrogen-bond acceptors (Lipinski definition) is 6. The highest BCUT2D eigenvalue weighted by molar-refractivity contribution is 5.94. The lowest BCUT2D eigenvalue weighted by molar-refractivity contribution is 0.0698. The average molecular weight is 385 g/mol. The van der Waals surface area contributed by atoms with Crippen LogP contribution in [-0.2, 0) is 6.42 Å². The molecule has 3 heterocycles. The molecule has 0 radical (unpaired) electrons. The zero-order valence-corrected chi connectivity index (χ0v) is 15.2. The van der Waals surface area contributed by atoms with Crippen LogP contribution in [0.25, 0.3) is 5.65 Å². The lowest BCUT2D eigenvalue weighted by atomic mass is 10.0. The standard InChI is InChI=1S/C19H20FN5O3/c1-10(14-8-12(20)6-11-7-13(2-4-21)28-17(11)14)23-16-3-5-25-18(24-16)15(9-22-25)19(26)27/h3,5-6,8-10,13H,2,4,7,21H2,1H3,(H,23,24)(H,26,27). The first-order chi connectivity index (χ1) is 13.5. The summed E-state index contributed by atoms with van der Waals surface area (Å²) in [5, 5.41) is 16.4. The van der Waals surface area contributed by atoms with E-state index >= 15 is 0 Å². The molecule has 1 aliphatic heterocycles. The minimum atomic E-state index is -1.10. The highest BCUT2D eigenvalue weighted by atomic mass is 19.1. The van der Waals surface area contributed by atoms with Gasteiger partial charge in [-0.05, 0) is 38.1 Å². The number of nitrogens with two attached hydrogens (primary N) is 1. The van der Waals surface area contributed by atoms with E-state index in [1.807, 2.05) is 6.92 Å². The second-order valence-corrected chi connectivity index (χ2v) is 6.81. The van der Waals surface area contributed by atoms with Crippen molar-refractivity contribution in [3.05, 3.63) is 53.1 Å². The van der Waals surface area contributed by atoms with E-state index in [0.29, 0.717) is 36.5 Å². The first-order valence-corrected chi connectivity index (χ1v) is 8.99.